The zero-order chi connectivity index (χ0) is 11.7. The van der Waals surface area contributed by atoms with Crippen molar-refractivity contribution in [2.75, 3.05) is 20.1 Å². The Bertz CT molecular complexity index is 300. The lowest BCUT2D eigenvalue weighted by molar-refractivity contribution is -0.142. The van der Waals surface area contributed by atoms with Crippen molar-refractivity contribution < 1.29 is 14.7 Å². The summed E-state index contributed by atoms with van der Waals surface area (Å²) in [5.74, 6) is -1.52. The predicted octanol–water partition coefficient (Wildman–Crippen LogP) is -0.0825. The largest absolute Gasteiger partial charge is 0.481 e. The summed E-state index contributed by atoms with van der Waals surface area (Å²) in [6.45, 7) is 1.88. The highest BCUT2D eigenvalue weighted by Gasteiger charge is 2.49. The first-order valence-electron chi connectivity index (χ1n) is 5.81. The molecule has 5 heteroatoms. The summed E-state index contributed by atoms with van der Waals surface area (Å²) in [6.07, 6.45) is 2.45. The molecule has 5 nitrogen and oxygen atoms in total. The Morgan fingerprint density at radius 1 is 1.25 bits per heavy atom. The van der Waals surface area contributed by atoms with Gasteiger partial charge in [-0.15, -0.1) is 0 Å². The lowest BCUT2D eigenvalue weighted by Crippen LogP contribution is -2.44. The van der Waals surface area contributed by atoms with Gasteiger partial charge in [0.15, 0.2) is 0 Å². The van der Waals surface area contributed by atoms with E-state index in [-0.39, 0.29) is 17.9 Å². The molecule has 2 rings (SSSR count). The Kier molecular flexibility index (Phi) is 3.14. The number of hydrogen-bond acceptors (Lipinski definition) is 3. The van der Waals surface area contributed by atoms with Crippen LogP contribution in [0.15, 0.2) is 0 Å². The SMILES string of the molecule is CN(C(=O)[C@@H]1C[C@@H]1C(=O)O)C1CCNCC1. The molecule has 0 bridgehead atoms. The minimum absolute atomic E-state index is 0.0132. The number of amides is 1. The molecule has 0 aromatic carbocycles. The number of aliphatic carboxylic acids is 1. The zero-order valence-corrected chi connectivity index (χ0v) is 9.48. The van der Waals surface area contributed by atoms with Crippen molar-refractivity contribution >= 4 is 11.9 Å². The maximum absolute atomic E-state index is 12.0. The Labute approximate surface area is 94.8 Å². The first-order valence-corrected chi connectivity index (χ1v) is 5.81. The van der Waals surface area contributed by atoms with Gasteiger partial charge in [0.25, 0.3) is 0 Å². The van der Waals surface area contributed by atoms with Crippen molar-refractivity contribution in [1.29, 1.82) is 0 Å². The van der Waals surface area contributed by atoms with Crippen LogP contribution in [-0.2, 0) is 9.59 Å². The maximum atomic E-state index is 12.0. The topological polar surface area (TPSA) is 69.6 Å². The highest BCUT2D eigenvalue weighted by molar-refractivity contribution is 5.89. The number of hydrogen-bond donors (Lipinski definition) is 2. The van der Waals surface area contributed by atoms with E-state index in [9.17, 15) is 9.59 Å². The van der Waals surface area contributed by atoms with Crippen LogP contribution in [0.2, 0.25) is 0 Å². The smallest absolute Gasteiger partial charge is 0.307 e. The van der Waals surface area contributed by atoms with E-state index in [0.717, 1.165) is 25.9 Å². The van der Waals surface area contributed by atoms with Crippen molar-refractivity contribution in [1.82, 2.24) is 10.2 Å². The molecule has 1 saturated heterocycles. The van der Waals surface area contributed by atoms with Crippen LogP contribution in [0.25, 0.3) is 0 Å². The molecule has 2 atom stereocenters. The summed E-state index contributed by atoms with van der Waals surface area (Å²) in [5, 5.41) is 12.0. The van der Waals surface area contributed by atoms with Gasteiger partial charge in [-0.3, -0.25) is 9.59 Å². The minimum Gasteiger partial charge on any atom is -0.481 e. The summed E-state index contributed by atoms with van der Waals surface area (Å²) in [5.41, 5.74) is 0. The number of carboxylic acid groups (broad SMARTS) is 1. The van der Waals surface area contributed by atoms with Crippen molar-refractivity contribution in [3.05, 3.63) is 0 Å². The van der Waals surface area contributed by atoms with E-state index in [4.69, 9.17) is 5.11 Å². The van der Waals surface area contributed by atoms with E-state index in [1.165, 1.54) is 0 Å². The highest BCUT2D eigenvalue weighted by Crippen LogP contribution is 2.40. The average molecular weight is 226 g/mol. The van der Waals surface area contributed by atoms with Gasteiger partial charge < -0.3 is 15.3 Å². The number of nitrogens with zero attached hydrogens (tertiary/aromatic N) is 1. The Hall–Kier alpha value is -1.10. The summed E-state index contributed by atoms with van der Waals surface area (Å²) in [4.78, 5) is 24.4. The summed E-state index contributed by atoms with van der Waals surface area (Å²) in [6, 6.07) is 0.281. The number of carbonyl (C=O) groups is 2. The molecule has 2 fully saturated rings. The van der Waals surface area contributed by atoms with E-state index in [0.29, 0.717) is 6.42 Å². The molecule has 0 unspecified atom stereocenters. The van der Waals surface area contributed by atoms with Crippen LogP contribution < -0.4 is 5.32 Å². The van der Waals surface area contributed by atoms with Crippen LogP contribution in [0.4, 0.5) is 0 Å². The van der Waals surface area contributed by atoms with Crippen molar-refractivity contribution in [3.8, 4) is 0 Å². The fourth-order valence-corrected chi connectivity index (χ4v) is 2.38. The Balaban J connectivity index is 1.87. The molecular weight excluding hydrogens is 208 g/mol. The second-order valence-corrected chi connectivity index (χ2v) is 4.72. The van der Waals surface area contributed by atoms with Crippen molar-refractivity contribution in [3.63, 3.8) is 0 Å². The van der Waals surface area contributed by atoms with Crippen LogP contribution in [0, 0.1) is 11.8 Å². The molecule has 1 aliphatic carbocycles. The highest BCUT2D eigenvalue weighted by atomic mass is 16.4. The van der Waals surface area contributed by atoms with Gasteiger partial charge >= 0.3 is 5.97 Å². The van der Waals surface area contributed by atoms with Crippen molar-refractivity contribution in [2.24, 2.45) is 11.8 Å². The molecule has 0 aromatic heterocycles. The molecule has 0 aromatic rings. The lowest BCUT2D eigenvalue weighted by atomic mass is 10.0. The number of rotatable bonds is 3. The van der Waals surface area contributed by atoms with Gasteiger partial charge in [0.05, 0.1) is 11.8 Å². The van der Waals surface area contributed by atoms with Gasteiger partial charge in [-0.05, 0) is 32.4 Å². The third-order valence-electron chi connectivity index (χ3n) is 3.63. The zero-order valence-electron chi connectivity index (χ0n) is 9.48. The molecule has 0 spiro atoms. The average Bonchev–Trinajstić information content (AvgIpc) is 3.08. The fourth-order valence-electron chi connectivity index (χ4n) is 2.38. The van der Waals surface area contributed by atoms with Crippen LogP contribution in [0.5, 0.6) is 0 Å². The Morgan fingerprint density at radius 2 is 1.88 bits per heavy atom. The van der Waals surface area contributed by atoms with Gasteiger partial charge in [-0.25, -0.2) is 0 Å². The number of nitrogens with one attached hydrogen (secondary N) is 1. The van der Waals surface area contributed by atoms with E-state index in [1.807, 2.05) is 0 Å². The minimum atomic E-state index is -0.836. The second kappa shape index (κ2) is 4.41. The van der Waals surface area contributed by atoms with Crippen LogP contribution >= 0.6 is 0 Å². The summed E-state index contributed by atoms with van der Waals surface area (Å²) < 4.78 is 0. The number of carboxylic acids is 1. The normalized spacial score (nSPS) is 29.8. The quantitative estimate of drug-likeness (QED) is 0.706. The number of carbonyl (C=O) groups excluding carboxylic acids is 1. The molecule has 0 radical (unpaired) electrons. The standard InChI is InChI=1S/C11H18N2O3/c1-13(7-2-4-12-5-3-7)10(14)8-6-9(8)11(15)16/h7-9,12H,2-6H2,1H3,(H,15,16)/t8-,9+/m1/s1. The predicted molar refractivity (Wildman–Crippen MR) is 57.9 cm³/mol. The van der Waals surface area contributed by atoms with Crippen LogP contribution in [-0.4, -0.2) is 48.1 Å². The first-order chi connectivity index (χ1) is 7.61. The molecule has 2 N–H and O–H groups in total. The summed E-state index contributed by atoms with van der Waals surface area (Å²) >= 11 is 0. The molecule has 1 amide bonds. The molecular formula is C11H18N2O3. The molecule has 90 valence electrons. The van der Waals surface area contributed by atoms with Gasteiger partial charge in [0, 0.05) is 13.1 Å². The third-order valence-corrected chi connectivity index (χ3v) is 3.63. The summed E-state index contributed by atoms with van der Waals surface area (Å²) in [7, 11) is 1.80. The van der Waals surface area contributed by atoms with E-state index in [2.05, 4.69) is 5.32 Å². The molecule has 1 heterocycles. The maximum Gasteiger partial charge on any atom is 0.307 e. The van der Waals surface area contributed by atoms with E-state index >= 15 is 0 Å². The van der Waals surface area contributed by atoms with Crippen LogP contribution in [0.3, 0.4) is 0 Å². The molecule has 1 aliphatic heterocycles. The van der Waals surface area contributed by atoms with Crippen molar-refractivity contribution in [2.45, 2.75) is 25.3 Å². The van der Waals surface area contributed by atoms with Gasteiger partial charge in [0.1, 0.15) is 0 Å². The van der Waals surface area contributed by atoms with Gasteiger partial charge in [0.2, 0.25) is 5.91 Å². The fraction of sp³-hybridized carbons (Fsp3) is 0.818. The molecule has 16 heavy (non-hydrogen) atoms. The van der Waals surface area contributed by atoms with Crippen LogP contribution in [0.1, 0.15) is 19.3 Å². The molecule has 1 saturated carbocycles. The molecule has 2 aliphatic rings. The third kappa shape index (κ3) is 2.19. The second-order valence-electron chi connectivity index (χ2n) is 4.72. The van der Waals surface area contributed by atoms with E-state index < -0.39 is 11.9 Å². The van der Waals surface area contributed by atoms with Gasteiger partial charge in [-0.2, -0.15) is 0 Å². The van der Waals surface area contributed by atoms with Gasteiger partial charge in [-0.1, -0.05) is 0 Å². The number of piperidine rings is 1. The monoisotopic (exact) mass is 226 g/mol. The first kappa shape index (κ1) is 11.4. The lowest BCUT2D eigenvalue weighted by Gasteiger charge is -2.31. The Morgan fingerprint density at radius 3 is 2.38 bits per heavy atom. The van der Waals surface area contributed by atoms with E-state index in [1.54, 1.807) is 11.9 Å².